The zero-order chi connectivity index (χ0) is 14.7. The van der Waals surface area contributed by atoms with Crippen LogP contribution in [0.25, 0.3) is 11.3 Å². The van der Waals surface area contributed by atoms with Crippen LogP contribution in [-0.2, 0) is 4.74 Å². The molecule has 0 spiro atoms. The highest BCUT2D eigenvalue weighted by molar-refractivity contribution is 5.92. The van der Waals surface area contributed by atoms with Gasteiger partial charge >= 0.3 is 0 Å². The fourth-order valence-electron chi connectivity index (χ4n) is 2.30. The lowest BCUT2D eigenvalue weighted by Gasteiger charge is -2.08. The number of carbonyl (C=O) groups excluding carboxylic acids is 1. The van der Waals surface area contributed by atoms with Gasteiger partial charge in [-0.25, -0.2) is 0 Å². The summed E-state index contributed by atoms with van der Waals surface area (Å²) in [5, 5.41) is 16.3. The van der Waals surface area contributed by atoms with Crippen LogP contribution in [0.2, 0.25) is 0 Å². The number of rotatable bonds is 4. The molecule has 1 aromatic carbocycles. The minimum atomic E-state index is -0.334. The SMILES string of the molecule is O=C(NC[C@H]1CCCO1)c1cc(-c2ccccc2O)no1. The van der Waals surface area contributed by atoms with E-state index >= 15 is 0 Å². The van der Waals surface area contributed by atoms with Gasteiger partial charge in [-0.1, -0.05) is 17.3 Å². The van der Waals surface area contributed by atoms with Crippen molar-refractivity contribution in [1.82, 2.24) is 10.5 Å². The zero-order valence-electron chi connectivity index (χ0n) is 11.4. The molecule has 6 nitrogen and oxygen atoms in total. The molecule has 2 N–H and O–H groups in total. The number of aromatic nitrogens is 1. The molecule has 1 aliphatic rings. The van der Waals surface area contributed by atoms with Crippen LogP contribution in [0.5, 0.6) is 5.75 Å². The standard InChI is InChI=1S/C15H16N2O4/c18-13-6-2-1-5-11(13)12-8-14(21-17-12)15(19)16-9-10-4-3-7-20-10/h1-2,5-6,8,10,18H,3-4,7,9H2,(H,16,19)/t10-/m1/s1. The van der Waals surface area contributed by atoms with Crippen LogP contribution in [-0.4, -0.2) is 35.4 Å². The summed E-state index contributed by atoms with van der Waals surface area (Å²) in [6.07, 6.45) is 2.06. The van der Waals surface area contributed by atoms with E-state index in [4.69, 9.17) is 9.26 Å². The van der Waals surface area contributed by atoms with Crippen molar-refractivity contribution in [2.24, 2.45) is 0 Å². The highest BCUT2D eigenvalue weighted by Gasteiger charge is 2.19. The van der Waals surface area contributed by atoms with Crippen molar-refractivity contribution >= 4 is 5.91 Å². The van der Waals surface area contributed by atoms with Crippen molar-refractivity contribution in [2.75, 3.05) is 13.2 Å². The van der Waals surface area contributed by atoms with Crippen LogP contribution in [0.1, 0.15) is 23.4 Å². The lowest BCUT2D eigenvalue weighted by Crippen LogP contribution is -2.31. The second-order valence-electron chi connectivity index (χ2n) is 4.94. The number of aromatic hydroxyl groups is 1. The molecule has 6 heteroatoms. The van der Waals surface area contributed by atoms with E-state index in [1.807, 2.05) is 0 Å². The van der Waals surface area contributed by atoms with Gasteiger partial charge in [-0.2, -0.15) is 0 Å². The topological polar surface area (TPSA) is 84.6 Å². The maximum Gasteiger partial charge on any atom is 0.290 e. The second kappa shape index (κ2) is 5.97. The molecular weight excluding hydrogens is 272 g/mol. The Morgan fingerprint density at radius 1 is 1.43 bits per heavy atom. The highest BCUT2D eigenvalue weighted by Crippen LogP contribution is 2.27. The van der Waals surface area contributed by atoms with Gasteiger partial charge in [0.05, 0.1) is 6.10 Å². The number of benzene rings is 1. The van der Waals surface area contributed by atoms with E-state index in [9.17, 15) is 9.90 Å². The molecular formula is C15H16N2O4. The third-order valence-corrected chi connectivity index (χ3v) is 3.43. The average molecular weight is 288 g/mol. The quantitative estimate of drug-likeness (QED) is 0.898. The summed E-state index contributed by atoms with van der Waals surface area (Å²) >= 11 is 0. The first-order chi connectivity index (χ1) is 10.2. The van der Waals surface area contributed by atoms with E-state index in [2.05, 4.69) is 10.5 Å². The zero-order valence-corrected chi connectivity index (χ0v) is 11.4. The predicted molar refractivity (Wildman–Crippen MR) is 74.9 cm³/mol. The van der Waals surface area contributed by atoms with Crippen molar-refractivity contribution < 1.29 is 19.2 Å². The minimum Gasteiger partial charge on any atom is -0.507 e. The maximum absolute atomic E-state index is 12.0. The van der Waals surface area contributed by atoms with Crippen molar-refractivity contribution in [2.45, 2.75) is 18.9 Å². The van der Waals surface area contributed by atoms with Gasteiger partial charge in [-0.15, -0.1) is 0 Å². The van der Waals surface area contributed by atoms with Gasteiger partial charge < -0.3 is 19.7 Å². The Labute approximate surface area is 121 Å². The molecule has 1 amide bonds. The van der Waals surface area contributed by atoms with Crippen molar-refractivity contribution in [3.05, 3.63) is 36.1 Å². The molecule has 0 radical (unpaired) electrons. The molecule has 0 saturated carbocycles. The Balaban J connectivity index is 1.66. The summed E-state index contributed by atoms with van der Waals surface area (Å²) in [7, 11) is 0. The Hall–Kier alpha value is -2.34. The molecule has 0 bridgehead atoms. The molecule has 110 valence electrons. The molecule has 1 saturated heterocycles. The first kappa shape index (κ1) is 13.6. The second-order valence-corrected chi connectivity index (χ2v) is 4.94. The largest absolute Gasteiger partial charge is 0.507 e. The van der Waals surface area contributed by atoms with Crippen molar-refractivity contribution in [1.29, 1.82) is 0 Å². The minimum absolute atomic E-state index is 0.0782. The molecule has 1 aromatic heterocycles. The molecule has 0 aliphatic carbocycles. The van der Waals surface area contributed by atoms with E-state index in [0.717, 1.165) is 19.4 Å². The molecule has 21 heavy (non-hydrogen) atoms. The fraction of sp³-hybridized carbons (Fsp3) is 0.333. The monoisotopic (exact) mass is 288 g/mol. The van der Waals surface area contributed by atoms with Crippen molar-refractivity contribution in [3.63, 3.8) is 0 Å². The predicted octanol–water partition coefficient (Wildman–Crippen LogP) is 1.96. The lowest BCUT2D eigenvalue weighted by atomic mass is 10.1. The highest BCUT2D eigenvalue weighted by atomic mass is 16.5. The molecule has 1 fully saturated rings. The van der Waals surface area contributed by atoms with Crippen molar-refractivity contribution in [3.8, 4) is 17.0 Å². The van der Waals surface area contributed by atoms with Crippen LogP contribution in [0.15, 0.2) is 34.9 Å². The first-order valence-corrected chi connectivity index (χ1v) is 6.89. The number of hydrogen-bond donors (Lipinski definition) is 2. The molecule has 0 unspecified atom stereocenters. The van der Waals surface area contributed by atoms with E-state index < -0.39 is 0 Å². The Morgan fingerprint density at radius 2 is 2.29 bits per heavy atom. The Morgan fingerprint density at radius 3 is 3.05 bits per heavy atom. The summed E-state index contributed by atoms with van der Waals surface area (Å²) in [6, 6.07) is 8.28. The number of hydrogen-bond acceptors (Lipinski definition) is 5. The molecule has 2 aromatic rings. The summed E-state index contributed by atoms with van der Waals surface area (Å²) in [5.74, 6) is -0.122. The summed E-state index contributed by atoms with van der Waals surface area (Å²) < 4.78 is 10.5. The van der Waals surface area contributed by atoms with Gasteiger partial charge in [0.25, 0.3) is 5.91 Å². The Kier molecular flexibility index (Phi) is 3.87. The number of carbonyl (C=O) groups is 1. The van der Waals surface area contributed by atoms with Gasteiger partial charge in [-0.05, 0) is 25.0 Å². The van der Waals surface area contributed by atoms with Gasteiger partial charge in [0.2, 0.25) is 5.76 Å². The third-order valence-electron chi connectivity index (χ3n) is 3.43. The summed E-state index contributed by atoms with van der Waals surface area (Å²) in [6.45, 7) is 1.21. The third kappa shape index (κ3) is 3.05. The van der Waals surface area contributed by atoms with Crippen LogP contribution in [0, 0.1) is 0 Å². The number of nitrogens with one attached hydrogen (secondary N) is 1. The number of phenolic OH excluding ortho intramolecular Hbond substituents is 1. The van der Waals surface area contributed by atoms with E-state index in [1.165, 1.54) is 6.07 Å². The number of para-hydroxylation sites is 1. The average Bonchev–Trinajstić information content (AvgIpc) is 3.17. The smallest absolute Gasteiger partial charge is 0.290 e. The lowest BCUT2D eigenvalue weighted by molar-refractivity contribution is 0.0828. The van der Waals surface area contributed by atoms with Gasteiger partial charge in [0, 0.05) is 24.8 Å². The van der Waals surface area contributed by atoms with E-state index in [0.29, 0.717) is 17.8 Å². The number of ether oxygens (including phenoxy) is 1. The summed E-state index contributed by atoms with van der Waals surface area (Å²) in [5.41, 5.74) is 0.954. The van der Waals surface area contributed by atoms with Crippen LogP contribution >= 0.6 is 0 Å². The molecule has 1 aliphatic heterocycles. The van der Waals surface area contributed by atoms with E-state index in [1.54, 1.807) is 24.3 Å². The van der Waals surface area contributed by atoms with Gasteiger partial charge in [-0.3, -0.25) is 4.79 Å². The van der Waals surface area contributed by atoms with Gasteiger partial charge in [0.15, 0.2) is 0 Å². The number of amides is 1. The maximum atomic E-state index is 12.0. The summed E-state index contributed by atoms with van der Waals surface area (Å²) in [4.78, 5) is 12.0. The number of nitrogens with zero attached hydrogens (tertiary/aromatic N) is 1. The van der Waals surface area contributed by atoms with Crippen LogP contribution < -0.4 is 5.32 Å². The van der Waals surface area contributed by atoms with Gasteiger partial charge in [0.1, 0.15) is 11.4 Å². The Bertz CT molecular complexity index is 632. The van der Waals surface area contributed by atoms with E-state index in [-0.39, 0.29) is 23.5 Å². The molecule has 1 atom stereocenters. The fourth-order valence-corrected chi connectivity index (χ4v) is 2.30. The first-order valence-electron chi connectivity index (χ1n) is 6.89. The number of phenols is 1. The normalized spacial score (nSPS) is 17.8. The van der Waals surface area contributed by atoms with Crippen LogP contribution in [0.3, 0.4) is 0 Å². The van der Waals surface area contributed by atoms with Crippen LogP contribution in [0.4, 0.5) is 0 Å². The molecule has 3 rings (SSSR count). The molecule has 2 heterocycles.